The van der Waals surface area contributed by atoms with Crippen LogP contribution in [0.15, 0.2) is 55.0 Å². The summed E-state index contributed by atoms with van der Waals surface area (Å²) in [5.41, 5.74) is 1.11. The molecule has 27 heavy (non-hydrogen) atoms. The summed E-state index contributed by atoms with van der Waals surface area (Å²) in [7, 11) is 0. The van der Waals surface area contributed by atoms with Gasteiger partial charge in [0, 0.05) is 12.4 Å². The van der Waals surface area contributed by atoms with Gasteiger partial charge in [0.25, 0.3) is 5.91 Å². The number of nitrogens with one attached hydrogen (secondary N) is 1. The summed E-state index contributed by atoms with van der Waals surface area (Å²) in [6.45, 7) is 3.47. The van der Waals surface area contributed by atoms with Crippen molar-refractivity contribution in [3.8, 4) is 5.69 Å². The first-order valence-electron chi connectivity index (χ1n) is 8.20. The van der Waals surface area contributed by atoms with Crippen molar-refractivity contribution in [1.29, 1.82) is 0 Å². The second-order valence-corrected chi connectivity index (χ2v) is 6.08. The Labute approximate surface area is 153 Å². The molecular weight excluding hydrogens is 357 g/mol. The highest BCUT2D eigenvalue weighted by molar-refractivity contribution is 5.95. The first kappa shape index (κ1) is 18.6. The number of aromatic nitrogens is 3. The van der Waals surface area contributed by atoms with Crippen LogP contribution in [0.3, 0.4) is 0 Å². The van der Waals surface area contributed by atoms with Gasteiger partial charge in [-0.05, 0) is 49.7 Å². The number of alkyl halides is 3. The third kappa shape index (κ3) is 3.99. The van der Waals surface area contributed by atoms with Gasteiger partial charge in [-0.15, -0.1) is 0 Å². The number of amides is 1. The topological polar surface area (TPSA) is 59.8 Å². The SMILES string of the molecule is Cc1c(C(=O)N[C@@H](C)c2ccncc2)cnn1-c1cccc(C(F)(F)F)c1. The summed E-state index contributed by atoms with van der Waals surface area (Å²) in [5.74, 6) is -0.352. The predicted octanol–water partition coefficient (Wildman–Crippen LogP) is 4.09. The largest absolute Gasteiger partial charge is 0.416 e. The van der Waals surface area contributed by atoms with E-state index in [1.165, 1.54) is 23.0 Å². The Morgan fingerprint density at radius 2 is 1.89 bits per heavy atom. The summed E-state index contributed by atoms with van der Waals surface area (Å²) in [6, 6.07) is 8.15. The number of rotatable bonds is 4. The van der Waals surface area contributed by atoms with Gasteiger partial charge in [0.15, 0.2) is 0 Å². The zero-order valence-corrected chi connectivity index (χ0v) is 14.7. The van der Waals surface area contributed by atoms with E-state index in [1.807, 2.05) is 6.92 Å². The van der Waals surface area contributed by atoms with Crippen LogP contribution < -0.4 is 5.32 Å². The molecule has 3 rings (SSSR count). The van der Waals surface area contributed by atoms with Crippen LogP contribution in [0.1, 0.15) is 40.1 Å². The molecule has 0 radical (unpaired) electrons. The molecule has 0 spiro atoms. The van der Waals surface area contributed by atoms with E-state index in [-0.39, 0.29) is 17.6 Å². The third-order valence-corrected chi connectivity index (χ3v) is 4.23. The van der Waals surface area contributed by atoms with Gasteiger partial charge in [-0.25, -0.2) is 4.68 Å². The number of nitrogens with zero attached hydrogens (tertiary/aromatic N) is 3. The molecule has 5 nitrogen and oxygen atoms in total. The van der Waals surface area contributed by atoms with Crippen molar-refractivity contribution < 1.29 is 18.0 Å². The zero-order valence-electron chi connectivity index (χ0n) is 14.7. The molecule has 0 unspecified atom stereocenters. The average Bonchev–Trinajstić information content (AvgIpc) is 3.03. The van der Waals surface area contributed by atoms with E-state index in [2.05, 4.69) is 15.4 Å². The summed E-state index contributed by atoms with van der Waals surface area (Å²) < 4.78 is 40.1. The lowest BCUT2D eigenvalue weighted by Gasteiger charge is -2.14. The van der Waals surface area contributed by atoms with E-state index in [0.29, 0.717) is 11.3 Å². The van der Waals surface area contributed by atoms with Crippen molar-refractivity contribution in [3.63, 3.8) is 0 Å². The molecule has 1 amide bonds. The molecule has 0 fully saturated rings. The van der Waals surface area contributed by atoms with E-state index in [0.717, 1.165) is 17.7 Å². The van der Waals surface area contributed by atoms with Crippen LogP contribution in [-0.2, 0) is 6.18 Å². The summed E-state index contributed by atoms with van der Waals surface area (Å²) in [5, 5.41) is 6.94. The van der Waals surface area contributed by atoms with E-state index in [9.17, 15) is 18.0 Å². The maximum absolute atomic E-state index is 12.9. The van der Waals surface area contributed by atoms with Crippen LogP contribution in [0, 0.1) is 6.92 Å². The van der Waals surface area contributed by atoms with Crippen molar-refractivity contribution in [2.75, 3.05) is 0 Å². The fourth-order valence-corrected chi connectivity index (χ4v) is 2.72. The number of halogens is 3. The minimum atomic E-state index is -4.45. The van der Waals surface area contributed by atoms with Crippen molar-refractivity contribution in [2.24, 2.45) is 0 Å². The predicted molar refractivity (Wildman–Crippen MR) is 93.4 cm³/mol. The molecule has 0 bridgehead atoms. The van der Waals surface area contributed by atoms with Gasteiger partial charge in [0.05, 0.1) is 34.7 Å². The Balaban J connectivity index is 1.84. The molecule has 8 heteroatoms. The van der Waals surface area contributed by atoms with Gasteiger partial charge >= 0.3 is 6.18 Å². The van der Waals surface area contributed by atoms with Gasteiger partial charge in [-0.1, -0.05) is 6.07 Å². The molecular formula is C19H17F3N4O. The monoisotopic (exact) mass is 374 g/mol. The van der Waals surface area contributed by atoms with Gasteiger partial charge in [-0.3, -0.25) is 9.78 Å². The lowest BCUT2D eigenvalue weighted by atomic mass is 10.1. The fraction of sp³-hybridized carbons (Fsp3) is 0.211. The smallest absolute Gasteiger partial charge is 0.345 e. The molecule has 0 saturated carbocycles. The molecule has 0 saturated heterocycles. The molecule has 0 aliphatic rings. The number of benzene rings is 1. The Hall–Kier alpha value is -3.16. The normalized spacial score (nSPS) is 12.6. The van der Waals surface area contributed by atoms with Crippen LogP contribution in [-0.4, -0.2) is 20.7 Å². The van der Waals surface area contributed by atoms with E-state index < -0.39 is 11.7 Å². The molecule has 1 aromatic carbocycles. The minimum absolute atomic E-state index is 0.239. The first-order chi connectivity index (χ1) is 12.8. The number of hydrogen-bond acceptors (Lipinski definition) is 3. The maximum Gasteiger partial charge on any atom is 0.416 e. The molecule has 0 aliphatic carbocycles. The van der Waals surface area contributed by atoms with Crippen molar-refractivity contribution in [2.45, 2.75) is 26.1 Å². The molecule has 1 N–H and O–H groups in total. The number of pyridine rings is 1. The van der Waals surface area contributed by atoms with Crippen LogP contribution in [0.5, 0.6) is 0 Å². The van der Waals surface area contributed by atoms with E-state index >= 15 is 0 Å². The Kier molecular flexibility index (Phi) is 4.98. The number of carbonyl (C=O) groups is 1. The van der Waals surface area contributed by atoms with Gasteiger partial charge in [0.1, 0.15) is 0 Å². The highest BCUT2D eigenvalue weighted by atomic mass is 19.4. The van der Waals surface area contributed by atoms with Crippen molar-refractivity contribution in [1.82, 2.24) is 20.1 Å². The van der Waals surface area contributed by atoms with Gasteiger partial charge in [-0.2, -0.15) is 18.3 Å². The summed E-state index contributed by atoms with van der Waals surface area (Å²) in [4.78, 5) is 16.5. The quantitative estimate of drug-likeness (QED) is 0.748. The van der Waals surface area contributed by atoms with Crippen LogP contribution in [0.2, 0.25) is 0 Å². The van der Waals surface area contributed by atoms with Crippen LogP contribution in [0.4, 0.5) is 13.2 Å². The molecule has 0 aliphatic heterocycles. The summed E-state index contributed by atoms with van der Waals surface area (Å²) >= 11 is 0. The number of hydrogen-bond donors (Lipinski definition) is 1. The van der Waals surface area contributed by atoms with E-state index in [4.69, 9.17) is 0 Å². The first-order valence-corrected chi connectivity index (χ1v) is 8.20. The Bertz CT molecular complexity index is 951. The standard InChI is InChI=1S/C19H17F3N4O/c1-12(14-6-8-23-9-7-14)25-18(27)17-11-24-26(13(17)2)16-5-3-4-15(10-16)19(20,21)22/h3-12H,1-2H3,(H,25,27)/t12-/m0/s1. The van der Waals surface area contributed by atoms with Gasteiger partial charge in [0.2, 0.25) is 0 Å². The van der Waals surface area contributed by atoms with Crippen LogP contribution in [0.25, 0.3) is 5.69 Å². The highest BCUT2D eigenvalue weighted by Gasteiger charge is 2.30. The fourth-order valence-electron chi connectivity index (χ4n) is 2.72. The minimum Gasteiger partial charge on any atom is -0.345 e. The summed E-state index contributed by atoms with van der Waals surface area (Å²) in [6.07, 6.45) is 0.172. The Morgan fingerprint density at radius 1 is 1.19 bits per heavy atom. The van der Waals surface area contributed by atoms with Crippen molar-refractivity contribution in [3.05, 3.63) is 77.4 Å². The Morgan fingerprint density at radius 3 is 2.56 bits per heavy atom. The average molecular weight is 374 g/mol. The lowest BCUT2D eigenvalue weighted by molar-refractivity contribution is -0.137. The maximum atomic E-state index is 12.9. The number of carbonyl (C=O) groups excluding carboxylic acids is 1. The second kappa shape index (κ2) is 7.22. The zero-order chi connectivity index (χ0) is 19.6. The highest BCUT2D eigenvalue weighted by Crippen LogP contribution is 2.30. The molecule has 3 aromatic rings. The van der Waals surface area contributed by atoms with E-state index in [1.54, 1.807) is 31.5 Å². The van der Waals surface area contributed by atoms with Crippen LogP contribution >= 0.6 is 0 Å². The molecule has 2 heterocycles. The molecule has 2 aromatic heterocycles. The van der Waals surface area contributed by atoms with Gasteiger partial charge < -0.3 is 5.32 Å². The molecule has 1 atom stereocenters. The molecule has 140 valence electrons. The lowest BCUT2D eigenvalue weighted by Crippen LogP contribution is -2.27. The third-order valence-electron chi connectivity index (χ3n) is 4.23. The second-order valence-electron chi connectivity index (χ2n) is 6.08. The van der Waals surface area contributed by atoms with Crippen molar-refractivity contribution >= 4 is 5.91 Å².